The van der Waals surface area contributed by atoms with Crippen molar-refractivity contribution in [2.75, 3.05) is 5.32 Å². The summed E-state index contributed by atoms with van der Waals surface area (Å²) in [6.07, 6.45) is 5.31. The predicted molar refractivity (Wildman–Crippen MR) is 76.8 cm³/mol. The van der Waals surface area contributed by atoms with Crippen LogP contribution in [0.4, 0.5) is 5.69 Å². The highest BCUT2D eigenvalue weighted by Crippen LogP contribution is 2.15. The number of hydrogen-bond acceptors (Lipinski definition) is 3. The van der Waals surface area contributed by atoms with Crippen molar-refractivity contribution in [2.24, 2.45) is 0 Å². The molecule has 1 amide bonds. The Bertz CT molecular complexity index is 740. The quantitative estimate of drug-likeness (QED) is 0.850. The number of nitrogens with one attached hydrogen (secondary N) is 1. The summed E-state index contributed by atoms with van der Waals surface area (Å²) < 4.78 is 4.94. The molecule has 0 unspecified atom stereocenters. The molecule has 0 aliphatic rings. The number of hydrogen-bond donors (Lipinski definition) is 1. The molecule has 1 heterocycles. The molecule has 4 heteroatoms. The summed E-state index contributed by atoms with van der Waals surface area (Å²) in [5.74, 6) is 2.46. The van der Waals surface area contributed by atoms with Crippen molar-refractivity contribution in [2.45, 2.75) is 13.8 Å². The van der Waals surface area contributed by atoms with Crippen molar-refractivity contribution >= 4 is 11.6 Å². The summed E-state index contributed by atoms with van der Waals surface area (Å²) in [7, 11) is 0. The van der Waals surface area contributed by atoms with E-state index in [1.54, 1.807) is 38.1 Å². The average Bonchev–Trinajstić information content (AvgIpc) is 2.37. The first-order chi connectivity index (χ1) is 9.51. The van der Waals surface area contributed by atoms with E-state index in [1.165, 1.54) is 6.07 Å². The Kier molecular flexibility index (Phi) is 3.72. The van der Waals surface area contributed by atoms with Crippen LogP contribution in [0.5, 0.6) is 0 Å². The monoisotopic (exact) mass is 267 g/mol. The van der Waals surface area contributed by atoms with Crippen molar-refractivity contribution < 1.29 is 9.21 Å². The molecule has 0 fully saturated rings. The molecule has 0 saturated carbocycles. The van der Waals surface area contributed by atoms with Crippen molar-refractivity contribution in [1.29, 1.82) is 0 Å². The van der Waals surface area contributed by atoms with Crippen LogP contribution in [0.1, 0.15) is 27.2 Å². The Morgan fingerprint density at radius 2 is 2.05 bits per heavy atom. The maximum absolute atomic E-state index is 12.2. The van der Waals surface area contributed by atoms with Crippen LogP contribution in [0, 0.1) is 26.2 Å². The zero-order chi connectivity index (χ0) is 14.7. The molecule has 0 bridgehead atoms. The third-order valence-corrected chi connectivity index (χ3v) is 2.85. The summed E-state index contributed by atoms with van der Waals surface area (Å²) in [4.78, 5) is 23.4. The minimum absolute atomic E-state index is 0.292. The number of rotatable bonds is 2. The van der Waals surface area contributed by atoms with E-state index in [-0.39, 0.29) is 5.91 Å². The Labute approximate surface area is 116 Å². The molecule has 4 nitrogen and oxygen atoms in total. The molecular formula is C16H13NO3. The van der Waals surface area contributed by atoms with Crippen molar-refractivity contribution in [3.8, 4) is 12.3 Å². The van der Waals surface area contributed by atoms with Gasteiger partial charge in [-0.2, -0.15) is 0 Å². The summed E-state index contributed by atoms with van der Waals surface area (Å²) in [5, 5.41) is 2.74. The fourth-order valence-electron chi connectivity index (χ4n) is 1.98. The van der Waals surface area contributed by atoms with Gasteiger partial charge in [0.25, 0.3) is 5.91 Å². The highest BCUT2D eigenvalue weighted by molar-refractivity contribution is 6.05. The van der Waals surface area contributed by atoms with Gasteiger partial charge in [0, 0.05) is 17.3 Å². The maximum atomic E-state index is 12.2. The zero-order valence-electron chi connectivity index (χ0n) is 11.2. The Balaban J connectivity index is 2.33. The van der Waals surface area contributed by atoms with Crippen LogP contribution in [0.3, 0.4) is 0 Å². The van der Waals surface area contributed by atoms with Gasteiger partial charge in [0.2, 0.25) is 0 Å². The fourth-order valence-corrected chi connectivity index (χ4v) is 1.98. The molecule has 2 rings (SSSR count). The normalized spacial score (nSPS) is 9.85. The minimum Gasteiger partial charge on any atom is -0.427 e. The number of benzene rings is 1. The smallest absolute Gasteiger partial charge is 0.336 e. The molecule has 0 radical (unpaired) electrons. The van der Waals surface area contributed by atoms with Crippen molar-refractivity contribution in [3.63, 3.8) is 0 Å². The Morgan fingerprint density at radius 3 is 2.70 bits per heavy atom. The van der Waals surface area contributed by atoms with Gasteiger partial charge in [0.15, 0.2) is 0 Å². The molecular weight excluding hydrogens is 254 g/mol. The molecule has 1 N–H and O–H groups in total. The van der Waals surface area contributed by atoms with Gasteiger partial charge in [-0.3, -0.25) is 4.79 Å². The highest BCUT2D eigenvalue weighted by Gasteiger charge is 2.15. The maximum Gasteiger partial charge on any atom is 0.336 e. The summed E-state index contributed by atoms with van der Waals surface area (Å²) in [6.45, 7) is 3.28. The second-order valence-electron chi connectivity index (χ2n) is 4.36. The van der Waals surface area contributed by atoms with E-state index in [0.717, 1.165) is 0 Å². The lowest BCUT2D eigenvalue weighted by Gasteiger charge is -2.09. The van der Waals surface area contributed by atoms with Gasteiger partial charge in [-0.1, -0.05) is 12.0 Å². The number of terminal acetylenes is 1. The standard InChI is InChI=1S/C16H13NO3/c1-4-12-6-5-7-13(9-12)17-16(19)15-10(2)8-14(18)20-11(15)3/h1,5-9H,2-3H3,(H,17,19). The molecule has 1 aromatic carbocycles. The molecule has 0 saturated heterocycles. The first kappa shape index (κ1) is 13.6. The summed E-state index contributed by atoms with van der Waals surface area (Å²) >= 11 is 0. The average molecular weight is 267 g/mol. The van der Waals surface area contributed by atoms with E-state index in [2.05, 4.69) is 11.2 Å². The number of amides is 1. The zero-order valence-corrected chi connectivity index (χ0v) is 11.2. The molecule has 1 aromatic heterocycles. The second kappa shape index (κ2) is 5.45. The fraction of sp³-hybridized carbons (Fsp3) is 0.125. The van der Waals surface area contributed by atoms with Crippen molar-refractivity contribution in [1.82, 2.24) is 0 Å². The van der Waals surface area contributed by atoms with E-state index >= 15 is 0 Å². The lowest BCUT2D eigenvalue weighted by atomic mass is 10.1. The topological polar surface area (TPSA) is 59.3 Å². The molecule has 0 aliphatic carbocycles. The molecule has 100 valence electrons. The number of anilines is 1. The SMILES string of the molecule is C#Cc1cccc(NC(=O)c2c(C)cc(=O)oc2C)c1. The highest BCUT2D eigenvalue weighted by atomic mass is 16.4. The van der Waals surface area contributed by atoms with Gasteiger partial charge in [0.1, 0.15) is 5.76 Å². The first-order valence-corrected chi connectivity index (χ1v) is 6.00. The van der Waals surface area contributed by atoms with E-state index < -0.39 is 5.63 Å². The van der Waals surface area contributed by atoms with E-state index in [9.17, 15) is 9.59 Å². The van der Waals surface area contributed by atoms with E-state index in [4.69, 9.17) is 10.8 Å². The third-order valence-electron chi connectivity index (χ3n) is 2.85. The number of aryl methyl sites for hydroxylation is 2. The molecule has 0 atom stereocenters. The lowest BCUT2D eigenvalue weighted by Crippen LogP contribution is -2.17. The molecule has 0 aliphatic heterocycles. The third kappa shape index (κ3) is 2.78. The van der Waals surface area contributed by atoms with E-state index in [1.807, 2.05) is 0 Å². The number of carbonyl (C=O) groups excluding carboxylic acids is 1. The van der Waals surface area contributed by atoms with Crippen LogP contribution in [-0.4, -0.2) is 5.91 Å². The second-order valence-corrected chi connectivity index (χ2v) is 4.36. The van der Waals surface area contributed by atoms with Gasteiger partial charge in [-0.05, 0) is 37.6 Å². The van der Waals surface area contributed by atoms with Gasteiger partial charge in [0.05, 0.1) is 5.56 Å². The van der Waals surface area contributed by atoms with Crippen LogP contribution in [-0.2, 0) is 0 Å². The molecule has 2 aromatic rings. The van der Waals surface area contributed by atoms with Gasteiger partial charge < -0.3 is 9.73 Å². The van der Waals surface area contributed by atoms with Crippen LogP contribution < -0.4 is 10.9 Å². The van der Waals surface area contributed by atoms with E-state index in [0.29, 0.717) is 28.1 Å². The summed E-state index contributed by atoms with van der Waals surface area (Å²) in [5.41, 5.74) is 1.73. The Morgan fingerprint density at radius 1 is 1.30 bits per heavy atom. The Hall–Kier alpha value is -2.80. The van der Waals surface area contributed by atoms with Crippen LogP contribution >= 0.6 is 0 Å². The van der Waals surface area contributed by atoms with Gasteiger partial charge >= 0.3 is 5.63 Å². The lowest BCUT2D eigenvalue weighted by molar-refractivity contribution is 0.102. The van der Waals surface area contributed by atoms with Crippen LogP contribution in [0.15, 0.2) is 39.5 Å². The van der Waals surface area contributed by atoms with Crippen molar-refractivity contribution in [3.05, 3.63) is 63.2 Å². The van der Waals surface area contributed by atoms with Crippen LogP contribution in [0.25, 0.3) is 0 Å². The van der Waals surface area contributed by atoms with Gasteiger partial charge in [-0.15, -0.1) is 6.42 Å². The van der Waals surface area contributed by atoms with Gasteiger partial charge in [-0.25, -0.2) is 4.79 Å². The predicted octanol–water partition coefficient (Wildman–Crippen LogP) is 2.49. The summed E-state index contributed by atoms with van der Waals surface area (Å²) in [6, 6.07) is 8.26. The first-order valence-electron chi connectivity index (χ1n) is 6.00. The molecule has 0 spiro atoms. The van der Waals surface area contributed by atoms with Crippen LogP contribution in [0.2, 0.25) is 0 Å². The number of carbonyl (C=O) groups is 1. The minimum atomic E-state index is -0.467. The largest absolute Gasteiger partial charge is 0.427 e. The molecule has 20 heavy (non-hydrogen) atoms.